The number of hydrogen-bond donors (Lipinski definition) is 0. The molecule has 2 aromatic carbocycles. The second-order valence-corrected chi connectivity index (χ2v) is 12.6. The van der Waals surface area contributed by atoms with E-state index in [-0.39, 0.29) is 23.6 Å². The van der Waals surface area contributed by atoms with Crippen molar-refractivity contribution in [2.75, 3.05) is 20.3 Å². The quantitative estimate of drug-likeness (QED) is 0.193. The van der Waals surface area contributed by atoms with Crippen molar-refractivity contribution in [1.29, 1.82) is 0 Å². The molecule has 1 unspecified atom stereocenters. The zero-order valence-corrected chi connectivity index (χ0v) is 26.9. The van der Waals surface area contributed by atoms with Gasteiger partial charge in [0, 0.05) is 42.2 Å². The number of pyridine rings is 1. The second-order valence-electron chi connectivity index (χ2n) is 12.6. The van der Waals surface area contributed by atoms with E-state index in [1.54, 1.807) is 23.8 Å². The number of aryl methyl sites for hydroxylation is 1. The Bertz CT molecular complexity index is 1510. The van der Waals surface area contributed by atoms with Crippen LogP contribution in [0, 0.1) is 5.92 Å². The summed E-state index contributed by atoms with van der Waals surface area (Å²) < 4.78 is 24.5. The van der Waals surface area contributed by atoms with Crippen LogP contribution in [0.4, 0.5) is 4.79 Å². The first-order valence-corrected chi connectivity index (χ1v) is 15.6. The highest BCUT2D eigenvalue weighted by molar-refractivity contribution is 5.97. The lowest BCUT2D eigenvalue weighted by molar-refractivity contribution is 0.0113. The smallest absolute Gasteiger partial charge is 0.410 e. The molecule has 0 saturated heterocycles. The van der Waals surface area contributed by atoms with E-state index in [4.69, 9.17) is 18.9 Å². The monoisotopic (exact) mass is 606 g/mol. The van der Waals surface area contributed by atoms with Crippen molar-refractivity contribution in [3.63, 3.8) is 0 Å². The average molecular weight is 607 g/mol. The zero-order valence-electron chi connectivity index (χ0n) is 26.9. The first-order valence-electron chi connectivity index (χ1n) is 15.6. The molecule has 9 nitrogen and oxygen atoms in total. The molecule has 44 heavy (non-hydrogen) atoms. The van der Waals surface area contributed by atoms with Crippen LogP contribution < -0.4 is 19.8 Å². The fraction of sp³-hybridized carbons (Fsp3) is 0.514. The number of benzene rings is 2. The van der Waals surface area contributed by atoms with Crippen molar-refractivity contribution in [2.45, 2.75) is 91.5 Å². The maximum Gasteiger partial charge on any atom is 0.410 e. The highest BCUT2D eigenvalue weighted by atomic mass is 16.6. The van der Waals surface area contributed by atoms with E-state index in [2.05, 4.69) is 13.8 Å². The Balaban J connectivity index is 1.50. The molecule has 1 amide bonds. The summed E-state index contributed by atoms with van der Waals surface area (Å²) in [5.41, 5.74) is 1.39. The van der Waals surface area contributed by atoms with Crippen molar-refractivity contribution in [2.24, 2.45) is 5.92 Å². The minimum atomic E-state index is -0.621. The van der Waals surface area contributed by atoms with Gasteiger partial charge in [0.05, 0.1) is 12.6 Å². The number of fused-ring (bicyclic) bond motifs is 2. The largest absolute Gasteiger partial charge is 0.497 e. The van der Waals surface area contributed by atoms with Crippen LogP contribution in [0.2, 0.25) is 0 Å². The van der Waals surface area contributed by atoms with Crippen LogP contribution in [0.3, 0.4) is 0 Å². The number of amides is 1. The van der Waals surface area contributed by atoms with Crippen LogP contribution in [0.1, 0.15) is 82.6 Å². The molecule has 1 aliphatic rings. The predicted octanol–water partition coefficient (Wildman–Crippen LogP) is 7.01. The van der Waals surface area contributed by atoms with Crippen LogP contribution in [-0.2, 0) is 17.8 Å². The van der Waals surface area contributed by atoms with Gasteiger partial charge < -0.3 is 28.4 Å². The summed E-state index contributed by atoms with van der Waals surface area (Å²) in [4.78, 5) is 40.0. The molecule has 0 fully saturated rings. The van der Waals surface area contributed by atoms with Crippen LogP contribution in [0.5, 0.6) is 17.2 Å². The third-order valence-corrected chi connectivity index (χ3v) is 7.96. The lowest BCUT2D eigenvalue weighted by Crippen LogP contribution is -2.43. The van der Waals surface area contributed by atoms with E-state index in [0.717, 1.165) is 49.3 Å². The third-order valence-electron chi connectivity index (χ3n) is 7.96. The first-order chi connectivity index (χ1) is 21.0. The van der Waals surface area contributed by atoms with Crippen molar-refractivity contribution >= 4 is 23.3 Å². The van der Waals surface area contributed by atoms with Gasteiger partial charge >= 0.3 is 6.09 Å². The predicted molar refractivity (Wildman–Crippen MR) is 171 cm³/mol. The molecule has 4 rings (SSSR count). The molecule has 0 spiro atoms. The van der Waals surface area contributed by atoms with E-state index >= 15 is 0 Å². The Morgan fingerprint density at radius 3 is 2.45 bits per heavy atom. The van der Waals surface area contributed by atoms with Crippen molar-refractivity contribution in [3.8, 4) is 17.2 Å². The van der Waals surface area contributed by atoms with Gasteiger partial charge in [-0.05, 0) is 82.2 Å². The second kappa shape index (κ2) is 14.6. The Hall–Kier alpha value is -4.01. The van der Waals surface area contributed by atoms with Gasteiger partial charge in [0.1, 0.15) is 24.6 Å². The Morgan fingerprint density at radius 1 is 1.02 bits per heavy atom. The third kappa shape index (κ3) is 8.33. The van der Waals surface area contributed by atoms with Crippen LogP contribution in [0.15, 0.2) is 47.3 Å². The molecular weight excluding hydrogens is 560 g/mol. The number of rotatable bonds is 13. The lowest BCUT2D eigenvalue weighted by atomic mass is 9.95. The minimum Gasteiger partial charge on any atom is -0.497 e. The Labute approximate surface area is 260 Å². The summed E-state index contributed by atoms with van der Waals surface area (Å²) in [6.45, 7) is 11.9. The van der Waals surface area contributed by atoms with E-state index in [9.17, 15) is 14.4 Å². The number of ether oxygens (including phenoxy) is 4. The summed E-state index contributed by atoms with van der Waals surface area (Å²) >= 11 is 0. The fourth-order valence-corrected chi connectivity index (χ4v) is 5.65. The van der Waals surface area contributed by atoms with Gasteiger partial charge in [-0.2, -0.15) is 0 Å². The molecule has 2 atom stereocenters. The van der Waals surface area contributed by atoms with Crippen molar-refractivity contribution < 1.29 is 28.5 Å². The number of carbonyl (C=O) groups is 2. The molecule has 1 aliphatic heterocycles. The lowest BCUT2D eigenvalue weighted by Gasteiger charge is -2.34. The number of methoxy groups -OCH3 is 1. The number of nitrogens with zero attached hydrogens (tertiary/aromatic N) is 2. The van der Waals surface area contributed by atoms with Crippen molar-refractivity contribution in [3.05, 3.63) is 63.9 Å². The molecule has 0 saturated carbocycles. The minimum absolute atomic E-state index is 0.0230. The number of aldehydes is 1. The zero-order chi connectivity index (χ0) is 31.9. The number of carbonyl (C=O) groups excluding carboxylic acids is 2. The molecule has 9 heteroatoms. The fourth-order valence-electron chi connectivity index (χ4n) is 5.65. The summed E-state index contributed by atoms with van der Waals surface area (Å²) in [5.74, 6) is 2.23. The van der Waals surface area contributed by atoms with Gasteiger partial charge in [-0.15, -0.1) is 0 Å². The Kier molecular flexibility index (Phi) is 10.9. The molecule has 2 heterocycles. The summed E-state index contributed by atoms with van der Waals surface area (Å²) in [5, 5.41) is 0.725. The van der Waals surface area contributed by atoms with E-state index < -0.39 is 5.60 Å². The number of hydrogen-bond acceptors (Lipinski definition) is 7. The summed E-state index contributed by atoms with van der Waals surface area (Å²) in [6, 6.07) is 12.5. The standard InChI is InChI=1S/C35H46N2O7/c1-7-8-27(37(34(40)44-35(3,4)5)22-25-10-13-31-32(19-25)43-18-17-42-31)11-9-24(2)15-16-36-30-21-28(41-6)20-26(23-38)29(30)12-14-33(36)39/h10,12-14,19-21,23-24,27H,7-9,11,15-18,22H2,1-6H3/t24-,27?/m1/s1. The van der Waals surface area contributed by atoms with Gasteiger partial charge in [0.2, 0.25) is 0 Å². The van der Waals surface area contributed by atoms with Gasteiger partial charge in [-0.3, -0.25) is 9.59 Å². The number of aromatic nitrogens is 1. The molecule has 0 N–H and O–H groups in total. The molecular formula is C35H46N2O7. The van der Waals surface area contributed by atoms with Crippen LogP contribution >= 0.6 is 0 Å². The van der Waals surface area contributed by atoms with Crippen LogP contribution in [0.25, 0.3) is 10.9 Å². The molecule has 0 radical (unpaired) electrons. The SMILES string of the molecule is CCCC(CC[C@@H](C)CCn1c(=O)ccc2c(C=O)cc(OC)cc21)N(Cc1ccc2c(c1)OCCO2)C(=O)OC(C)(C)C. The molecule has 0 bridgehead atoms. The van der Waals surface area contributed by atoms with Crippen LogP contribution in [-0.4, -0.2) is 53.8 Å². The Morgan fingerprint density at radius 2 is 1.77 bits per heavy atom. The molecule has 0 aliphatic carbocycles. The molecule has 1 aromatic heterocycles. The van der Waals surface area contributed by atoms with E-state index in [1.165, 1.54) is 6.07 Å². The topological polar surface area (TPSA) is 96.3 Å². The maximum absolute atomic E-state index is 13.6. The highest BCUT2D eigenvalue weighted by Crippen LogP contribution is 2.32. The maximum atomic E-state index is 13.6. The van der Waals surface area contributed by atoms with Gasteiger partial charge in [-0.25, -0.2) is 4.79 Å². The summed E-state index contributed by atoms with van der Waals surface area (Å²) in [7, 11) is 1.55. The van der Waals surface area contributed by atoms with Gasteiger partial charge in [0.25, 0.3) is 5.56 Å². The normalized spacial score (nSPS) is 14.1. The van der Waals surface area contributed by atoms with E-state index in [0.29, 0.717) is 54.6 Å². The highest BCUT2D eigenvalue weighted by Gasteiger charge is 2.29. The van der Waals surface area contributed by atoms with Gasteiger partial charge in [-0.1, -0.05) is 26.3 Å². The average Bonchev–Trinajstić information content (AvgIpc) is 2.99. The van der Waals surface area contributed by atoms with E-state index in [1.807, 2.05) is 49.9 Å². The molecule has 238 valence electrons. The van der Waals surface area contributed by atoms with Crippen molar-refractivity contribution in [1.82, 2.24) is 9.47 Å². The molecule has 3 aromatic rings. The van der Waals surface area contributed by atoms with Gasteiger partial charge in [0.15, 0.2) is 17.8 Å². The summed E-state index contributed by atoms with van der Waals surface area (Å²) in [6.07, 6.45) is 4.65. The first kappa shape index (κ1) is 32.9.